The van der Waals surface area contributed by atoms with Crippen LogP contribution in [0.25, 0.3) is 0 Å². The van der Waals surface area contributed by atoms with E-state index in [4.69, 9.17) is 4.74 Å². The van der Waals surface area contributed by atoms with Gasteiger partial charge in [-0.05, 0) is 40.0 Å². The maximum absolute atomic E-state index is 12.2. The maximum atomic E-state index is 12.2. The monoisotopic (exact) mass is 255 g/mol. The van der Waals surface area contributed by atoms with E-state index >= 15 is 0 Å². The Labute approximate surface area is 110 Å². The van der Waals surface area contributed by atoms with Gasteiger partial charge in [0.15, 0.2) is 5.78 Å². The molecule has 4 heteroatoms. The van der Waals surface area contributed by atoms with Gasteiger partial charge in [-0.1, -0.05) is 13.8 Å². The fourth-order valence-corrected chi connectivity index (χ4v) is 2.65. The molecule has 0 aliphatic carbocycles. The number of carbonyl (C=O) groups excluding carboxylic acids is 2. The van der Waals surface area contributed by atoms with E-state index in [9.17, 15) is 9.59 Å². The summed E-state index contributed by atoms with van der Waals surface area (Å²) in [6.07, 6.45) is 2.41. The van der Waals surface area contributed by atoms with E-state index in [1.807, 2.05) is 34.6 Å². The molecule has 0 aromatic carbocycles. The summed E-state index contributed by atoms with van der Waals surface area (Å²) in [6.45, 7) is 9.97. The molecular formula is C14H25NO3. The zero-order valence-electron chi connectivity index (χ0n) is 12.2. The second-order valence-electron chi connectivity index (χ2n) is 5.90. The van der Waals surface area contributed by atoms with Crippen molar-refractivity contribution in [2.24, 2.45) is 0 Å². The van der Waals surface area contributed by atoms with Gasteiger partial charge >= 0.3 is 6.09 Å². The Hall–Kier alpha value is -1.06. The van der Waals surface area contributed by atoms with Gasteiger partial charge in [0, 0.05) is 13.0 Å². The molecule has 0 bridgehead atoms. The van der Waals surface area contributed by atoms with Crippen LogP contribution in [0.2, 0.25) is 0 Å². The highest BCUT2D eigenvalue weighted by Crippen LogP contribution is 2.35. The summed E-state index contributed by atoms with van der Waals surface area (Å²) in [5.41, 5.74) is -1.15. The van der Waals surface area contributed by atoms with Crippen LogP contribution >= 0.6 is 0 Å². The van der Waals surface area contributed by atoms with Gasteiger partial charge in [-0.15, -0.1) is 0 Å². The molecule has 0 N–H and O–H groups in total. The van der Waals surface area contributed by atoms with Crippen LogP contribution in [0.1, 0.15) is 60.3 Å². The Kier molecular flexibility index (Phi) is 4.41. The molecule has 1 aliphatic heterocycles. The standard InChI is InChI=1S/C14H25NO3/c1-6-11(16)14(7-2)9-8-10-15(14)12(17)18-13(3,4)5/h6-10H2,1-5H3. The fourth-order valence-electron chi connectivity index (χ4n) is 2.65. The van der Waals surface area contributed by atoms with E-state index in [1.54, 1.807) is 4.90 Å². The summed E-state index contributed by atoms with van der Waals surface area (Å²) in [6, 6.07) is 0. The number of carbonyl (C=O) groups is 2. The summed E-state index contributed by atoms with van der Waals surface area (Å²) >= 11 is 0. The van der Waals surface area contributed by atoms with Crippen molar-refractivity contribution in [2.45, 2.75) is 71.4 Å². The molecule has 1 atom stereocenters. The van der Waals surface area contributed by atoms with Crippen LogP contribution in [0, 0.1) is 0 Å². The first-order valence-corrected chi connectivity index (χ1v) is 6.80. The Morgan fingerprint density at radius 3 is 2.33 bits per heavy atom. The Morgan fingerprint density at radius 2 is 1.89 bits per heavy atom. The average Bonchev–Trinajstić information content (AvgIpc) is 2.70. The summed E-state index contributed by atoms with van der Waals surface area (Å²) in [5.74, 6) is 0.147. The van der Waals surface area contributed by atoms with Crippen LogP contribution < -0.4 is 0 Å². The number of rotatable bonds is 3. The number of Topliss-reactive ketones (excluding diaryl/α,β-unsaturated/α-hetero) is 1. The zero-order valence-corrected chi connectivity index (χ0v) is 12.2. The van der Waals surface area contributed by atoms with Crippen molar-refractivity contribution < 1.29 is 14.3 Å². The van der Waals surface area contributed by atoms with Crippen molar-refractivity contribution in [3.63, 3.8) is 0 Å². The highest BCUT2D eigenvalue weighted by molar-refractivity contribution is 5.92. The summed E-state index contributed by atoms with van der Waals surface area (Å²) in [4.78, 5) is 26.0. The predicted octanol–water partition coefficient (Wildman–Crippen LogP) is 3.15. The first kappa shape index (κ1) is 15.0. The third-order valence-corrected chi connectivity index (χ3v) is 3.53. The van der Waals surface area contributed by atoms with E-state index in [-0.39, 0.29) is 11.9 Å². The topological polar surface area (TPSA) is 46.6 Å². The molecule has 1 saturated heterocycles. The molecule has 0 aromatic heterocycles. The van der Waals surface area contributed by atoms with Crippen LogP contribution in [0.3, 0.4) is 0 Å². The van der Waals surface area contributed by atoms with Crippen molar-refractivity contribution in [1.82, 2.24) is 4.90 Å². The minimum absolute atomic E-state index is 0.147. The fraction of sp³-hybridized carbons (Fsp3) is 0.857. The number of hydrogen-bond donors (Lipinski definition) is 0. The SMILES string of the molecule is CCC(=O)C1(CC)CCCN1C(=O)OC(C)(C)C. The lowest BCUT2D eigenvalue weighted by Gasteiger charge is -2.37. The van der Waals surface area contributed by atoms with E-state index in [2.05, 4.69) is 0 Å². The molecule has 1 unspecified atom stereocenters. The number of likely N-dealkylation sites (tertiary alicyclic amines) is 1. The molecule has 1 amide bonds. The Morgan fingerprint density at radius 1 is 1.28 bits per heavy atom. The third-order valence-electron chi connectivity index (χ3n) is 3.53. The van der Waals surface area contributed by atoms with Crippen molar-refractivity contribution in [3.8, 4) is 0 Å². The summed E-state index contributed by atoms with van der Waals surface area (Å²) in [5, 5.41) is 0. The van der Waals surface area contributed by atoms with Crippen molar-refractivity contribution in [1.29, 1.82) is 0 Å². The van der Waals surface area contributed by atoms with Crippen molar-refractivity contribution in [3.05, 3.63) is 0 Å². The smallest absolute Gasteiger partial charge is 0.411 e. The number of ketones is 1. The van der Waals surface area contributed by atoms with Gasteiger partial charge in [-0.2, -0.15) is 0 Å². The Bertz CT molecular complexity index is 332. The van der Waals surface area contributed by atoms with Crippen molar-refractivity contribution in [2.75, 3.05) is 6.54 Å². The van der Waals surface area contributed by atoms with E-state index < -0.39 is 11.1 Å². The minimum Gasteiger partial charge on any atom is -0.444 e. The van der Waals surface area contributed by atoms with Crippen LogP contribution in [0.4, 0.5) is 4.79 Å². The van der Waals surface area contributed by atoms with Gasteiger partial charge in [0.2, 0.25) is 0 Å². The quantitative estimate of drug-likeness (QED) is 0.778. The van der Waals surface area contributed by atoms with Gasteiger partial charge in [0.25, 0.3) is 0 Å². The van der Waals surface area contributed by atoms with Crippen LogP contribution in [-0.4, -0.2) is 34.5 Å². The highest BCUT2D eigenvalue weighted by atomic mass is 16.6. The van der Waals surface area contributed by atoms with E-state index in [0.717, 1.165) is 12.8 Å². The first-order chi connectivity index (χ1) is 8.27. The lowest BCUT2D eigenvalue weighted by atomic mass is 9.87. The summed E-state index contributed by atoms with van der Waals surface area (Å²) < 4.78 is 5.41. The third kappa shape index (κ3) is 2.85. The van der Waals surface area contributed by atoms with E-state index in [0.29, 0.717) is 19.4 Å². The molecule has 0 saturated carbocycles. The Balaban J connectivity index is 2.93. The predicted molar refractivity (Wildman–Crippen MR) is 70.5 cm³/mol. The molecule has 18 heavy (non-hydrogen) atoms. The highest BCUT2D eigenvalue weighted by Gasteiger charge is 2.48. The molecule has 0 radical (unpaired) electrons. The largest absolute Gasteiger partial charge is 0.444 e. The van der Waals surface area contributed by atoms with Gasteiger partial charge in [-0.25, -0.2) is 4.79 Å². The molecule has 0 spiro atoms. The normalized spacial score (nSPS) is 24.2. The number of amides is 1. The first-order valence-electron chi connectivity index (χ1n) is 6.80. The molecule has 0 aromatic rings. The molecule has 1 rings (SSSR count). The van der Waals surface area contributed by atoms with E-state index in [1.165, 1.54) is 0 Å². The van der Waals surface area contributed by atoms with Gasteiger partial charge in [0.05, 0.1) is 0 Å². The van der Waals surface area contributed by atoms with Crippen LogP contribution in [0.5, 0.6) is 0 Å². The van der Waals surface area contributed by atoms with Crippen molar-refractivity contribution >= 4 is 11.9 Å². The van der Waals surface area contributed by atoms with Gasteiger partial charge in [-0.3, -0.25) is 9.69 Å². The number of ether oxygens (including phenoxy) is 1. The molecule has 104 valence electrons. The minimum atomic E-state index is -0.628. The molecule has 4 nitrogen and oxygen atoms in total. The van der Waals surface area contributed by atoms with Crippen LogP contribution in [-0.2, 0) is 9.53 Å². The maximum Gasteiger partial charge on any atom is 0.411 e. The molecule has 1 fully saturated rings. The van der Waals surface area contributed by atoms with Gasteiger partial charge in [0.1, 0.15) is 11.1 Å². The van der Waals surface area contributed by atoms with Crippen LogP contribution in [0.15, 0.2) is 0 Å². The second kappa shape index (κ2) is 5.29. The zero-order chi connectivity index (χ0) is 14.0. The molecule has 1 aliphatic rings. The second-order valence-corrected chi connectivity index (χ2v) is 5.90. The molecular weight excluding hydrogens is 230 g/mol. The average molecular weight is 255 g/mol. The molecule has 1 heterocycles. The lowest BCUT2D eigenvalue weighted by molar-refractivity contribution is -0.129. The summed E-state index contributed by atoms with van der Waals surface area (Å²) in [7, 11) is 0. The lowest BCUT2D eigenvalue weighted by Crippen LogP contribution is -2.53. The van der Waals surface area contributed by atoms with Gasteiger partial charge < -0.3 is 4.74 Å². The number of nitrogens with zero attached hydrogens (tertiary/aromatic N) is 1. The number of hydrogen-bond acceptors (Lipinski definition) is 3.